The lowest BCUT2D eigenvalue weighted by Gasteiger charge is -2.28. The number of quaternary nitrogens is 1. The summed E-state index contributed by atoms with van der Waals surface area (Å²) < 4.78 is 33.8. The van der Waals surface area contributed by atoms with Crippen molar-refractivity contribution in [1.82, 2.24) is 0 Å². The highest BCUT2D eigenvalue weighted by Gasteiger charge is 2.22. The number of unbranched alkanes of at least 4 members (excludes halogenated alkanes) is 43. The maximum absolute atomic E-state index is 12.7. The quantitative estimate of drug-likeness (QED) is 0.0256. The zero-order chi connectivity index (χ0) is 50.6. The predicted molar refractivity (Wildman–Crippen MR) is 292 cm³/mol. The van der Waals surface area contributed by atoms with Crippen LogP contribution in [0.1, 0.15) is 316 Å². The molecule has 0 aromatic carbocycles. The van der Waals surface area contributed by atoms with Gasteiger partial charge >= 0.3 is 11.9 Å². The Hall–Kier alpha value is -0.990. The van der Waals surface area contributed by atoms with E-state index in [9.17, 15) is 19.0 Å². The summed E-state index contributed by atoms with van der Waals surface area (Å²) in [5.74, 6) is -0.832. The van der Waals surface area contributed by atoms with Gasteiger partial charge in [-0.3, -0.25) is 14.2 Å². The molecule has 0 N–H and O–H groups in total. The van der Waals surface area contributed by atoms with E-state index in [2.05, 4.69) is 13.8 Å². The average Bonchev–Trinajstić information content (AvgIpc) is 3.31. The van der Waals surface area contributed by atoms with Crippen molar-refractivity contribution >= 4 is 19.8 Å². The van der Waals surface area contributed by atoms with Gasteiger partial charge in [-0.15, -0.1) is 0 Å². The molecular weight excluding hydrogens is 882 g/mol. The number of likely N-dealkylation sites (N-methyl/N-ethyl adjacent to an activating group) is 1. The average molecular weight is 1000 g/mol. The number of hydrogen-bond acceptors (Lipinski definition) is 8. The summed E-state index contributed by atoms with van der Waals surface area (Å²) in [4.78, 5) is 37.3. The molecule has 69 heavy (non-hydrogen) atoms. The van der Waals surface area contributed by atoms with Crippen LogP contribution in [-0.2, 0) is 32.7 Å². The maximum Gasteiger partial charge on any atom is 0.306 e. The lowest BCUT2D eigenvalue weighted by Crippen LogP contribution is -2.37. The molecule has 0 aliphatic rings. The van der Waals surface area contributed by atoms with Gasteiger partial charge in [0.15, 0.2) is 6.10 Å². The van der Waals surface area contributed by atoms with Crippen molar-refractivity contribution in [1.29, 1.82) is 0 Å². The van der Waals surface area contributed by atoms with Gasteiger partial charge in [0.1, 0.15) is 19.8 Å². The molecule has 0 bridgehead atoms. The SMILES string of the molecule is CCCCCCCCCCCCCCCCCCCCCCCCCCCCCCCCCCCCCCCCCCC(=O)OC(COC(=O)CCCCCCC)COP(=O)([O-])OCC[N+](C)(C)C. The fraction of sp³-hybridized carbons (Fsp3) is 0.966. The minimum absolute atomic E-state index is 0.0262. The Kier molecular flexibility index (Phi) is 51.1. The molecule has 0 heterocycles. The van der Waals surface area contributed by atoms with Crippen molar-refractivity contribution < 1.29 is 42.1 Å². The summed E-state index contributed by atoms with van der Waals surface area (Å²) in [5.41, 5.74) is 0. The Morgan fingerprint density at radius 2 is 0.652 bits per heavy atom. The zero-order valence-corrected chi connectivity index (χ0v) is 47.7. The molecule has 0 saturated heterocycles. The van der Waals surface area contributed by atoms with Gasteiger partial charge < -0.3 is 27.9 Å². The second-order valence-corrected chi connectivity index (χ2v) is 23.5. The molecule has 9 nitrogen and oxygen atoms in total. The lowest BCUT2D eigenvalue weighted by molar-refractivity contribution is -0.870. The van der Waals surface area contributed by atoms with Crippen LogP contribution in [0.5, 0.6) is 0 Å². The van der Waals surface area contributed by atoms with E-state index in [1.807, 2.05) is 21.1 Å². The maximum atomic E-state index is 12.7. The van der Waals surface area contributed by atoms with E-state index in [1.165, 1.54) is 238 Å². The van der Waals surface area contributed by atoms with Crippen LogP contribution in [0.2, 0.25) is 0 Å². The third kappa shape index (κ3) is 56.2. The Morgan fingerprint density at radius 3 is 0.928 bits per heavy atom. The minimum Gasteiger partial charge on any atom is -0.756 e. The number of rotatable bonds is 57. The van der Waals surface area contributed by atoms with Gasteiger partial charge in [-0.1, -0.05) is 290 Å². The number of nitrogens with zero attached hydrogens (tertiary/aromatic N) is 1. The second kappa shape index (κ2) is 51.9. The number of phosphoric ester groups is 1. The van der Waals surface area contributed by atoms with E-state index in [1.54, 1.807) is 0 Å². The first-order chi connectivity index (χ1) is 33.5. The first-order valence-electron chi connectivity index (χ1n) is 30.2. The normalized spacial score (nSPS) is 13.2. The molecule has 0 aliphatic carbocycles. The van der Waals surface area contributed by atoms with E-state index in [0.717, 1.165) is 44.9 Å². The highest BCUT2D eigenvalue weighted by atomic mass is 31.2. The monoisotopic (exact) mass is 1000 g/mol. The summed E-state index contributed by atoms with van der Waals surface area (Å²) in [6.07, 6.45) is 59.8. The molecule has 0 fully saturated rings. The van der Waals surface area contributed by atoms with Crippen molar-refractivity contribution in [2.45, 2.75) is 322 Å². The molecule has 0 saturated carbocycles. The molecule has 2 unspecified atom stereocenters. The van der Waals surface area contributed by atoms with E-state index < -0.39 is 26.5 Å². The highest BCUT2D eigenvalue weighted by Crippen LogP contribution is 2.38. The van der Waals surface area contributed by atoms with Crippen LogP contribution in [-0.4, -0.2) is 70.0 Å². The topological polar surface area (TPSA) is 111 Å². The molecule has 0 aliphatic heterocycles. The lowest BCUT2D eigenvalue weighted by atomic mass is 10.0. The Morgan fingerprint density at radius 1 is 0.391 bits per heavy atom. The number of phosphoric acid groups is 1. The van der Waals surface area contributed by atoms with E-state index in [-0.39, 0.29) is 32.0 Å². The standard InChI is InChI=1S/C59H118NO8P/c1-6-8-10-12-13-14-15-16-17-18-19-20-21-22-23-24-25-26-27-28-29-30-31-32-33-34-35-36-37-38-39-40-41-42-43-44-45-46-48-50-52-59(62)68-57(55-65-58(61)51-49-47-11-9-7-2)56-67-69(63,64)66-54-53-60(3,4)5/h57H,6-56H2,1-5H3. The third-order valence-corrected chi connectivity index (χ3v) is 14.8. The number of ether oxygens (including phenoxy) is 2. The summed E-state index contributed by atoms with van der Waals surface area (Å²) in [6, 6.07) is 0. The van der Waals surface area contributed by atoms with Gasteiger partial charge in [0.05, 0.1) is 27.7 Å². The van der Waals surface area contributed by atoms with Crippen molar-refractivity contribution in [2.24, 2.45) is 0 Å². The summed E-state index contributed by atoms with van der Waals surface area (Å²) >= 11 is 0. The van der Waals surface area contributed by atoms with E-state index in [0.29, 0.717) is 17.4 Å². The molecular formula is C59H118NO8P. The van der Waals surface area contributed by atoms with Crippen LogP contribution in [0.25, 0.3) is 0 Å². The van der Waals surface area contributed by atoms with Crippen LogP contribution in [0.3, 0.4) is 0 Å². The Labute approximate surface area is 429 Å². The molecule has 412 valence electrons. The first-order valence-corrected chi connectivity index (χ1v) is 31.7. The van der Waals surface area contributed by atoms with Gasteiger partial charge in [-0.05, 0) is 12.8 Å². The molecule has 0 rings (SSSR count). The number of esters is 2. The van der Waals surface area contributed by atoms with Crippen LogP contribution in [0, 0.1) is 0 Å². The fourth-order valence-corrected chi connectivity index (χ4v) is 9.92. The zero-order valence-electron chi connectivity index (χ0n) is 46.8. The van der Waals surface area contributed by atoms with Gasteiger partial charge in [0.2, 0.25) is 0 Å². The second-order valence-electron chi connectivity index (χ2n) is 22.1. The van der Waals surface area contributed by atoms with Crippen molar-refractivity contribution in [3.8, 4) is 0 Å². The van der Waals surface area contributed by atoms with E-state index in [4.69, 9.17) is 18.5 Å². The summed E-state index contributed by atoms with van der Waals surface area (Å²) in [7, 11) is 1.18. The summed E-state index contributed by atoms with van der Waals surface area (Å²) in [5, 5.41) is 0. The third-order valence-electron chi connectivity index (χ3n) is 13.9. The predicted octanol–water partition coefficient (Wildman–Crippen LogP) is 18.0. The fourth-order valence-electron chi connectivity index (χ4n) is 9.19. The highest BCUT2D eigenvalue weighted by molar-refractivity contribution is 7.45. The van der Waals surface area contributed by atoms with Crippen molar-refractivity contribution in [2.75, 3.05) is 47.5 Å². The van der Waals surface area contributed by atoms with Gasteiger partial charge in [-0.25, -0.2) is 0 Å². The smallest absolute Gasteiger partial charge is 0.306 e. The van der Waals surface area contributed by atoms with Crippen LogP contribution in [0.4, 0.5) is 0 Å². The number of carbonyl (C=O) groups is 2. The van der Waals surface area contributed by atoms with Crippen molar-refractivity contribution in [3.05, 3.63) is 0 Å². The number of carbonyl (C=O) groups excluding carboxylic acids is 2. The molecule has 0 aromatic rings. The Bertz CT molecular complexity index is 1130. The number of hydrogen-bond donors (Lipinski definition) is 0. The largest absolute Gasteiger partial charge is 0.756 e. The first kappa shape index (κ1) is 68.0. The van der Waals surface area contributed by atoms with Crippen LogP contribution in [0.15, 0.2) is 0 Å². The van der Waals surface area contributed by atoms with Crippen LogP contribution >= 0.6 is 7.82 Å². The molecule has 10 heteroatoms. The van der Waals surface area contributed by atoms with Gasteiger partial charge in [0, 0.05) is 12.8 Å². The minimum atomic E-state index is -4.61. The molecule has 0 spiro atoms. The molecule has 0 amide bonds. The summed E-state index contributed by atoms with van der Waals surface area (Å²) in [6.45, 7) is 4.18. The van der Waals surface area contributed by atoms with E-state index >= 15 is 0 Å². The Balaban J connectivity index is 3.64. The molecule has 0 radical (unpaired) electrons. The van der Waals surface area contributed by atoms with Gasteiger partial charge in [-0.2, -0.15) is 0 Å². The molecule has 2 atom stereocenters. The van der Waals surface area contributed by atoms with Crippen LogP contribution < -0.4 is 4.89 Å². The van der Waals surface area contributed by atoms with Crippen molar-refractivity contribution in [3.63, 3.8) is 0 Å². The molecule has 0 aromatic heterocycles. The van der Waals surface area contributed by atoms with Gasteiger partial charge in [0.25, 0.3) is 7.82 Å².